The van der Waals surface area contributed by atoms with E-state index in [4.69, 9.17) is 21.8 Å². The summed E-state index contributed by atoms with van der Waals surface area (Å²) in [6.45, 7) is 1.91. The van der Waals surface area contributed by atoms with Crippen molar-refractivity contribution in [2.24, 2.45) is 5.73 Å². The first kappa shape index (κ1) is 15.9. The van der Waals surface area contributed by atoms with Crippen LogP contribution in [0.2, 0.25) is 5.02 Å². The van der Waals surface area contributed by atoms with Crippen molar-refractivity contribution in [1.82, 2.24) is 0 Å². The Bertz CT molecular complexity index is 863. The molecule has 6 heteroatoms. The summed E-state index contributed by atoms with van der Waals surface area (Å²) in [5.74, 6) is 0.413. The van der Waals surface area contributed by atoms with Crippen LogP contribution in [0.25, 0.3) is 22.1 Å². The molecule has 0 radical (unpaired) electrons. The van der Waals surface area contributed by atoms with E-state index in [0.717, 1.165) is 17.7 Å². The second kappa shape index (κ2) is 5.58. The highest BCUT2D eigenvalue weighted by Crippen LogP contribution is 2.42. The number of rotatable bonds is 2. The largest absolute Gasteiger partial charge is 0.459 e. The third-order valence-corrected chi connectivity index (χ3v) is 4.06. The first-order valence-corrected chi connectivity index (χ1v) is 7.29. The van der Waals surface area contributed by atoms with Crippen molar-refractivity contribution in [2.45, 2.75) is 19.6 Å². The summed E-state index contributed by atoms with van der Waals surface area (Å²) < 4.78 is 44.7. The fourth-order valence-corrected chi connectivity index (χ4v) is 3.01. The van der Waals surface area contributed by atoms with Crippen molar-refractivity contribution in [3.05, 3.63) is 58.3 Å². The molecule has 0 aliphatic heterocycles. The highest BCUT2D eigenvalue weighted by molar-refractivity contribution is 6.34. The summed E-state index contributed by atoms with van der Waals surface area (Å²) in [6, 6.07) is 8.70. The maximum Gasteiger partial charge on any atom is 0.416 e. The second-order valence-electron chi connectivity index (χ2n) is 5.24. The molecule has 2 nitrogen and oxygen atoms in total. The molecule has 0 spiro atoms. The summed E-state index contributed by atoms with van der Waals surface area (Å²) in [4.78, 5) is 0. The quantitative estimate of drug-likeness (QED) is 0.665. The van der Waals surface area contributed by atoms with Gasteiger partial charge in [-0.05, 0) is 36.8 Å². The Morgan fingerprint density at radius 2 is 1.87 bits per heavy atom. The van der Waals surface area contributed by atoms with Gasteiger partial charge < -0.3 is 10.2 Å². The zero-order chi connectivity index (χ0) is 16.8. The molecule has 2 aromatic carbocycles. The number of halogens is 4. The van der Waals surface area contributed by atoms with Gasteiger partial charge in [-0.15, -0.1) is 0 Å². The van der Waals surface area contributed by atoms with Crippen LogP contribution in [0.4, 0.5) is 13.2 Å². The van der Waals surface area contributed by atoms with Gasteiger partial charge in [-0.2, -0.15) is 13.2 Å². The topological polar surface area (TPSA) is 39.2 Å². The summed E-state index contributed by atoms with van der Waals surface area (Å²) >= 11 is 6.28. The molecule has 3 aromatic rings. The molecular formula is C17H13ClF3NO. The summed E-state index contributed by atoms with van der Waals surface area (Å²) in [7, 11) is 0. The van der Waals surface area contributed by atoms with Crippen LogP contribution in [0.3, 0.4) is 0 Å². The predicted octanol–water partition coefficient (Wildman–Crippen LogP) is 5.54. The molecule has 0 fully saturated rings. The van der Waals surface area contributed by atoms with Crippen LogP contribution >= 0.6 is 11.6 Å². The van der Waals surface area contributed by atoms with E-state index in [1.54, 1.807) is 12.1 Å². The van der Waals surface area contributed by atoms with E-state index in [2.05, 4.69) is 0 Å². The summed E-state index contributed by atoms with van der Waals surface area (Å²) in [5, 5.41) is 0.802. The third kappa shape index (κ3) is 2.71. The average Bonchev–Trinajstić information content (AvgIpc) is 2.84. The molecule has 0 saturated carbocycles. The zero-order valence-electron chi connectivity index (χ0n) is 12.2. The van der Waals surface area contributed by atoms with Crippen LogP contribution in [-0.4, -0.2) is 0 Å². The van der Waals surface area contributed by atoms with E-state index >= 15 is 0 Å². The second-order valence-corrected chi connectivity index (χ2v) is 5.65. The Hall–Kier alpha value is -1.98. The fourth-order valence-electron chi connectivity index (χ4n) is 2.69. The molecule has 120 valence electrons. The summed E-state index contributed by atoms with van der Waals surface area (Å²) in [6.07, 6.45) is -4.43. The van der Waals surface area contributed by atoms with Crippen molar-refractivity contribution in [3.63, 3.8) is 0 Å². The molecule has 0 unspecified atom stereocenters. The first-order valence-electron chi connectivity index (χ1n) is 6.91. The van der Waals surface area contributed by atoms with Gasteiger partial charge >= 0.3 is 6.18 Å². The van der Waals surface area contributed by atoms with Crippen molar-refractivity contribution in [2.75, 3.05) is 0 Å². The molecule has 23 heavy (non-hydrogen) atoms. The van der Waals surface area contributed by atoms with Crippen molar-refractivity contribution in [3.8, 4) is 11.1 Å². The normalized spacial score (nSPS) is 12.1. The molecule has 2 N–H and O–H groups in total. The molecule has 1 heterocycles. The van der Waals surface area contributed by atoms with Crippen LogP contribution in [0.15, 0.2) is 40.8 Å². The number of fused-ring (bicyclic) bond motifs is 1. The van der Waals surface area contributed by atoms with Gasteiger partial charge in [-0.3, -0.25) is 0 Å². The molecule has 3 rings (SSSR count). The Morgan fingerprint density at radius 1 is 1.13 bits per heavy atom. The fraction of sp³-hybridized carbons (Fsp3) is 0.176. The molecule has 0 aliphatic carbocycles. The lowest BCUT2D eigenvalue weighted by Gasteiger charge is -2.10. The Kier molecular flexibility index (Phi) is 3.86. The Labute approximate surface area is 135 Å². The van der Waals surface area contributed by atoms with E-state index < -0.39 is 11.7 Å². The van der Waals surface area contributed by atoms with Gasteiger partial charge in [0, 0.05) is 21.5 Å². The van der Waals surface area contributed by atoms with E-state index in [1.165, 1.54) is 6.07 Å². The smallest absolute Gasteiger partial charge is 0.416 e. The molecule has 0 amide bonds. The maximum absolute atomic E-state index is 13.0. The van der Waals surface area contributed by atoms with E-state index in [-0.39, 0.29) is 6.54 Å². The number of aryl methyl sites for hydroxylation is 1. The third-order valence-electron chi connectivity index (χ3n) is 3.75. The average molecular weight is 340 g/mol. The zero-order valence-corrected chi connectivity index (χ0v) is 12.9. The Morgan fingerprint density at radius 3 is 2.48 bits per heavy atom. The number of alkyl halides is 3. The van der Waals surface area contributed by atoms with E-state index in [1.807, 2.05) is 13.0 Å². The van der Waals surface area contributed by atoms with Crippen LogP contribution in [-0.2, 0) is 12.7 Å². The highest BCUT2D eigenvalue weighted by Gasteiger charge is 2.31. The number of benzene rings is 2. The first-order chi connectivity index (χ1) is 10.8. The number of hydrogen-bond donors (Lipinski definition) is 1. The van der Waals surface area contributed by atoms with Gasteiger partial charge in [-0.1, -0.05) is 23.7 Å². The van der Waals surface area contributed by atoms with Crippen LogP contribution in [0, 0.1) is 6.92 Å². The lowest BCUT2D eigenvalue weighted by molar-refractivity contribution is -0.137. The molecule has 0 aliphatic rings. The maximum atomic E-state index is 13.0. The lowest BCUT2D eigenvalue weighted by atomic mass is 9.96. The van der Waals surface area contributed by atoms with Gasteiger partial charge in [0.2, 0.25) is 0 Å². The molecule has 0 bridgehead atoms. The van der Waals surface area contributed by atoms with Gasteiger partial charge in [0.05, 0.1) is 12.1 Å². The van der Waals surface area contributed by atoms with Gasteiger partial charge in [-0.25, -0.2) is 0 Å². The van der Waals surface area contributed by atoms with E-state index in [0.29, 0.717) is 32.9 Å². The van der Waals surface area contributed by atoms with Gasteiger partial charge in [0.15, 0.2) is 0 Å². The van der Waals surface area contributed by atoms with Crippen molar-refractivity contribution in [1.29, 1.82) is 0 Å². The molecular weight excluding hydrogens is 327 g/mol. The standard InChI is InChI=1S/C17H13ClF3NO/c1-9-3-2-4-12(18)15(9)16-11-7-10(17(19,20)21)5-6-13(11)23-14(16)8-22/h2-7H,8,22H2,1H3. The number of furan rings is 1. The van der Waals surface area contributed by atoms with Gasteiger partial charge in [0.1, 0.15) is 11.3 Å². The predicted molar refractivity (Wildman–Crippen MR) is 84.3 cm³/mol. The summed E-state index contributed by atoms with van der Waals surface area (Å²) in [5.41, 5.74) is 7.35. The minimum absolute atomic E-state index is 0.0655. The van der Waals surface area contributed by atoms with Crippen molar-refractivity contribution >= 4 is 22.6 Å². The monoisotopic (exact) mass is 339 g/mol. The van der Waals surface area contributed by atoms with Crippen LogP contribution in [0.5, 0.6) is 0 Å². The molecule has 1 aromatic heterocycles. The van der Waals surface area contributed by atoms with Gasteiger partial charge in [0.25, 0.3) is 0 Å². The van der Waals surface area contributed by atoms with Crippen molar-refractivity contribution < 1.29 is 17.6 Å². The van der Waals surface area contributed by atoms with Crippen LogP contribution in [0.1, 0.15) is 16.9 Å². The number of nitrogens with two attached hydrogens (primary N) is 1. The lowest BCUT2D eigenvalue weighted by Crippen LogP contribution is -2.04. The minimum atomic E-state index is -4.43. The Balaban J connectivity index is 2.38. The molecule has 0 atom stereocenters. The highest BCUT2D eigenvalue weighted by atomic mass is 35.5. The van der Waals surface area contributed by atoms with E-state index in [9.17, 15) is 13.2 Å². The number of hydrogen-bond acceptors (Lipinski definition) is 2. The minimum Gasteiger partial charge on any atom is -0.459 e. The molecule has 0 saturated heterocycles. The van der Waals surface area contributed by atoms with Crippen LogP contribution < -0.4 is 5.73 Å². The SMILES string of the molecule is Cc1cccc(Cl)c1-c1c(CN)oc2ccc(C(F)(F)F)cc12.